The highest BCUT2D eigenvalue weighted by atomic mass is 35.5. The third-order valence-corrected chi connectivity index (χ3v) is 7.09. The van der Waals surface area contributed by atoms with E-state index in [0.717, 1.165) is 28.1 Å². The van der Waals surface area contributed by atoms with Crippen molar-refractivity contribution in [2.24, 2.45) is 5.92 Å². The van der Waals surface area contributed by atoms with Gasteiger partial charge in [-0.25, -0.2) is 9.97 Å². The lowest BCUT2D eigenvalue weighted by Gasteiger charge is -2.37. The number of hydrogen-bond donors (Lipinski definition) is 2. The zero-order valence-corrected chi connectivity index (χ0v) is 18.9. The molecule has 2 atom stereocenters. The van der Waals surface area contributed by atoms with Crippen LogP contribution in [0.25, 0.3) is 22.2 Å². The van der Waals surface area contributed by atoms with Gasteiger partial charge in [0.05, 0.1) is 16.9 Å². The van der Waals surface area contributed by atoms with Crippen molar-refractivity contribution in [2.45, 2.75) is 31.7 Å². The molecule has 2 aromatic heterocycles. The van der Waals surface area contributed by atoms with Crippen LogP contribution in [0.4, 0.5) is 5.95 Å². The zero-order valence-electron chi connectivity index (χ0n) is 18.1. The summed E-state index contributed by atoms with van der Waals surface area (Å²) in [6.07, 6.45) is 8.65. The second-order valence-electron chi connectivity index (χ2n) is 9.12. The Balaban J connectivity index is 1.27. The van der Waals surface area contributed by atoms with Crippen LogP contribution in [-0.2, 0) is 0 Å². The van der Waals surface area contributed by atoms with Crippen LogP contribution in [0.2, 0.25) is 5.02 Å². The number of rotatable bonds is 5. The number of anilines is 1. The summed E-state index contributed by atoms with van der Waals surface area (Å²) in [6, 6.07) is 8.64. The molecular weight excluding hydrogens is 408 g/mol. The maximum Gasteiger partial charge on any atom is 0.223 e. The summed E-state index contributed by atoms with van der Waals surface area (Å²) in [5.41, 5.74) is 2.88. The molecule has 1 saturated heterocycles. The Morgan fingerprint density at radius 3 is 2.87 bits per heavy atom. The number of para-hydroxylation sites is 1. The molecule has 3 heterocycles. The minimum Gasteiger partial charge on any atom is -0.360 e. The fraction of sp³-hybridized carbons (Fsp3) is 0.500. The molecule has 2 fully saturated rings. The van der Waals surface area contributed by atoms with Gasteiger partial charge in [0.1, 0.15) is 0 Å². The van der Waals surface area contributed by atoms with E-state index in [2.05, 4.69) is 44.3 Å². The van der Waals surface area contributed by atoms with E-state index in [1.54, 1.807) is 6.20 Å². The van der Waals surface area contributed by atoms with Gasteiger partial charge in [-0.05, 0) is 38.3 Å². The minimum absolute atomic E-state index is 0.420. The van der Waals surface area contributed by atoms with Gasteiger partial charge < -0.3 is 20.1 Å². The highest BCUT2D eigenvalue weighted by Crippen LogP contribution is 2.33. The molecule has 5 rings (SSSR count). The zero-order chi connectivity index (χ0) is 21.2. The molecule has 1 saturated carbocycles. The monoisotopic (exact) mass is 438 g/mol. The van der Waals surface area contributed by atoms with E-state index in [1.165, 1.54) is 58.4 Å². The number of aromatic amines is 1. The number of nitrogens with one attached hydrogen (secondary N) is 2. The van der Waals surface area contributed by atoms with E-state index in [4.69, 9.17) is 16.6 Å². The van der Waals surface area contributed by atoms with Gasteiger partial charge >= 0.3 is 0 Å². The molecule has 0 unspecified atom stereocenters. The second-order valence-corrected chi connectivity index (χ2v) is 9.52. The number of H-pyrrole nitrogens is 1. The molecule has 1 aromatic carbocycles. The molecule has 3 aromatic rings. The average Bonchev–Trinajstić information content (AvgIpc) is 3.21. The molecule has 1 aliphatic heterocycles. The van der Waals surface area contributed by atoms with Gasteiger partial charge in [0.15, 0.2) is 0 Å². The van der Waals surface area contributed by atoms with Crippen LogP contribution >= 0.6 is 11.6 Å². The lowest BCUT2D eigenvalue weighted by atomic mass is 9.85. The molecular formula is C24H31ClN6. The van der Waals surface area contributed by atoms with E-state index >= 15 is 0 Å². The lowest BCUT2D eigenvalue weighted by molar-refractivity contribution is 0.124. The largest absolute Gasteiger partial charge is 0.360 e. The van der Waals surface area contributed by atoms with Gasteiger partial charge in [-0.1, -0.05) is 36.2 Å². The van der Waals surface area contributed by atoms with E-state index in [1.807, 2.05) is 18.3 Å². The quantitative estimate of drug-likeness (QED) is 0.614. The van der Waals surface area contributed by atoms with Crippen LogP contribution in [0, 0.1) is 5.92 Å². The molecule has 6 nitrogen and oxygen atoms in total. The number of benzene rings is 1. The predicted octanol–water partition coefficient (Wildman–Crippen LogP) is 4.50. The topological polar surface area (TPSA) is 60.1 Å². The Labute approximate surface area is 189 Å². The van der Waals surface area contributed by atoms with Gasteiger partial charge in [-0.15, -0.1) is 0 Å². The molecule has 31 heavy (non-hydrogen) atoms. The molecule has 164 valence electrons. The van der Waals surface area contributed by atoms with Crippen molar-refractivity contribution in [3.63, 3.8) is 0 Å². The molecule has 2 aliphatic rings. The Bertz CT molecular complexity index is 1030. The fourth-order valence-electron chi connectivity index (χ4n) is 5.06. The van der Waals surface area contributed by atoms with Gasteiger partial charge in [0, 0.05) is 61.4 Å². The lowest BCUT2D eigenvalue weighted by Crippen LogP contribution is -2.47. The van der Waals surface area contributed by atoms with E-state index in [9.17, 15) is 0 Å². The number of nitrogens with zero attached hydrogens (tertiary/aromatic N) is 4. The number of likely N-dealkylation sites (N-methyl/N-ethyl adjacent to an activating group) is 1. The first-order chi connectivity index (χ1) is 15.2. The summed E-state index contributed by atoms with van der Waals surface area (Å²) in [7, 11) is 2.22. The predicted molar refractivity (Wildman–Crippen MR) is 128 cm³/mol. The summed E-state index contributed by atoms with van der Waals surface area (Å²) < 4.78 is 0. The number of halogens is 1. The van der Waals surface area contributed by atoms with Gasteiger partial charge in [0.2, 0.25) is 5.95 Å². The highest BCUT2D eigenvalue weighted by molar-refractivity contribution is 6.33. The van der Waals surface area contributed by atoms with Gasteiger partial charge in [-0.2, -0.15) is 0 Å². The van der Waals surface area contributed by atoms with Crippen molar-refractivity contribution >= 4 is 28.5 Å². The summed E-state index contributed by atoms with van der Waals surface area (Å²) in [4.78, 5) is 17.7. The molecule has 0 radical (unpaired) electrons. The maximum atomic E-state index is 6.50. The summed E-state index contributed by atoms with van der Waals surface area (Å²) >= 11 is 6.50. The maximum absolute atomic E-state index is 6.50. The van der Waals surface area contributed by atoms with Crippen molar-refractivity contribution in [1.29, 1.82) is 0 Å². The Hall–Kier alpha value is -2.15. The first kappa shape index (κ1) is 20.7. The molecule has 1 aliphatic carbocycles. The van der Waals surface area contributed by atoms with E-state index in [0.29, 0.717) is 17.0 Å². The number of piperazine rings is 1. The van der Waals surface area contributed by atoms with Crippen LogP contribution in [0.5, 0.6) is 0 Å². The van der Waals surface area contributed by atoms with Crippen LogP contribution in [0.1, 0.15) is 25.7 Å². The van der Waals surface area contributed by atoms with Crippen LogP contribution in [0.3, 0.4) is 0 Å². The average molecular weight is 439 g/mol. The number of hydrogen-bond acceptors (Lipinski definition) is 5. The van der Waals surface area contributed by atoms with Crippen LogP contribution in [-0.4, -0.2) is 70.6 Å². The van der Waals surface area contributed by atoms with E-state index < -0.39 is 0 Å². The Morgan fingerprint density at radius 1 is 1.16 bits per heavy atom. The summed E-state index contributed by atoms with van der Waals surface area (Å²) in [6.45, 7) is 5.97. The first-order valence-corrected chi connectivity index (χ1v) is 11.8. The third kappa shape index (κ3) is 4.71. The summed E-state index contributed by atoms with van der Waals surface area (Å²) in [5.74, 6) is 1.42. The summed E-state index contributed by atoms with van der Waals surface area (Å²) in [5, 5.41) is 5.31. The van der Waals surface area contributed by atoms with E-state index in [-0.39, 0.29) is 0 Å². The fourth-order valence-corrected chi connectivity index (χ4v) is 5.25. The van der Waals surface area contributed by atoms with Crippen LogP contribution in [0.15, 0.2) is 36.7 Å². The van der Waals surface area contributed by atoms with Crippen molar-refractivity contribution in [2.75, 3.05) is 45.1 Å². The molecule has 2 N–H and O–H groups in total. The van der Waals surface area contributed by atoms with Crippen molar-refractivity contribution < 1.29 is 0 Å². The number of fused-ring (bicyclic) bond motifs is 1. The third-order valence-electron chi connectivity index (χ3n) is 6.82. The molecule has 0 amide bonds. The van der Waals surface area contributed by atoms with Gasteiger partial charge in [0.25, 0.3) is 0 Å². The Morgan fingerprint density at radius 2 is 2.00 bits per heavy atom. The van der Waals surface area contributed by atoms with Crippen LogP contribution < -0.4 is 5.32 Å². The first-order valence-electron chi connectivity index (χ1n) is 11.4. The van der Waals surface area contributed by atoms with Gasteiger partial charge in [-0.3, -0.25) is 0 Å². The molecule has 0 spiro atoms. The molecule has 7 heteroatoms. The normalized spacial score (nSPS) is 23.3. The van der Waals surface area contributed by atoms with Crippen molar-refractivity contribution in [3.05, 3.63) is 41.7 Å². The minimum atomic E-state index is 0.420. The highest BCUT2D eigenvalue weighted by Gasteiger charge is 2.26. The standard InChI is InChI=1S/C24H31ClN6/c1-30-9-11-31(12-10-30)16-17-5-4-6-18(13-17)28-24-27-15-21(25)23(29-24)20-14-26-22-8-3-2-7-19(20)22/h2-3,7-8,14-15,17-18,26H,4-6,9-13,16H2,1H3,(H,27,28,29)/t17-,18+/m1/s1. The number of aromatic nitrogens is 3. The SMILES string of the molecule is CN1CCN(C[C@@H]2CCC[C@H](Nc3ncc(Cl)c(-c4c[nH]c5ccccc45)n3)C2)CC1. The second kappa shape index (κ2) is 9.15. The van der Waals surface area contributed by atoms with Crippen molar-refractivity contribution in [3.8, 4) is 11.3 Å². The molecule has 0 bridgehead atoms. The Kier molecular flexibility index (Phi) is 6.12. The smallest absolute Gasteiger partial charge is 0.223 e. The van der Waals surface area contributed by atoms with Crippen molar-refractivity contribution in [1.82, 2.24) is 24.8 Å².